The Bertz CT molecular complexity index is 650. The number of pyridine rings is 1. The SMILES string of the molecule is CC1CCCN(c2cc(C(=N)N)c3ccccc3n2)C1. The molecule has 3 N–H and O–H groups in total. The third-order valence-corrected chi connectivity index (χ3v) is 3.97. The van der Waals surface area contributed by atoms with E-state index >= 15 is 0 Å². The van der Waals surface area contributed by atoms with Crippen LogP contribution in [0.5, 0.6) is 0 Å². The van der Waals surface area contributed by atoms with Gasteiger partial charge in [-0.15, -0.1) is 0 Å². The number of aromatic nitrogens is 1. The number of benzene rings is 1. The summed E-state index contributed by atoms with van der Waals surface area (Å²) in [5, 5.41) is 8.75. The number of hydrogen-bond donors (Lipinski definition) is 2. The molecule has 1 fully saturated rings. The molecular weight excluding hydrogens is 248 g/mol. The second-order valence-electron chi connectivity index (χ2n) is 5.65. The lowest BCUT2D eigenvalue weighted by molar-refractivity contribution is 0.445. The molecule has 3 rings (SSSR count). The second kappa shape index (κ2) is 5.12. The predicted octanol–water partition coefficient (Wildman–Crippen LogP) is 2.76. The van der Waals surface area contributed by atoms with Crippen LogP contribution in [-0.4, -0.2) is 23.9 Å². The van der Waals surface area contributed by atoms with Gasteiger partial charge in [0.2, 0.25) is 0 Å². The van der Waals surface area contributed by atoms with E-state index in [-0.39, 0.29) is 5.84 Å². The van der Waals surface area contributed by atoms with Crippen molar-refractivity contribution >= 4 is 22.6 Å². The third kappa shape index (κ3) is 2.33. The molecule has 1 aromatic carbocycles. The number of rotatable bonds is 2. The van der Waals surface area contributed by atoms with Crippen molar-refractivity contribution < 1.29 is 0 Å². The van der Waals surface area contributed by atoms with Crippen molar-refractivity contribution in [2.75, 3.05) is 18.0 Å². The van der Waals surface area contributed by atoms with Gasteiger partial charge in [0.1, 0.15) is 11.7 Å². The van der Waals surface area contributed by atoms with Crippen molar-refractivity contribution in [3.05, 3.63) is 35.9 Å². The molecule has 2 aromatic rings. The maximum absolute atomic E-state index is 7.80. The van der Waals surface area contributed by atoms with E-state index in [9.17, 15) is 0 Å². The van der Waals surface area contributed by atoms with Crippen LogP contribution < -0.4 is 10.6 Å². The normalized spacial score (nSPS) is 19.2. The zero-order valence-electron chi connectivity index (χ0n) is 11.8. The summed E-state index contributed by atoms with van der Waals surface area (Å²) >= 11 is 0. The number of piperidine rings is 1. The van der Waals surface area contributed by atoms with Gasteiger partial charge in [0.05, 0.1) is 5.52 Å². The van der Waals surface area contributed by atoms with Crippen molar-refractivity contribution in [2.24, 2.45) is 11.7 Å². The van der Waals surface area contributed by atoms with E-state index in [1.165, 1.54) is 12.8 Å². The minimum atomic E-state index is 0.106. The monoisotopic (exact) mass is 268 g/mol. The van der Waals surface area contributed by atoms with Gasteiger partial charge in [-0.2, -0.15) is 0 Å². The predicted molar refractivity (Wildman–Crippen MR) is 83.4 cm³/mol. The van der Waals surface area contributed by atoms with Crippen LogP contribution in [0, 0.1) is 11.3 Å². The standard InChI is InChI=1S/C16H20N4/c1-11-5-4-8-20(10-11)15-9-13(16(17)18)12-6-2-3-7-14(12)19-15/h2-3,6-7,9,11H,4-5,8,10H2,1H3,(H3,17,18). The first kappa shape index (κ1) is 12.9. The Morgan fingerprint density at radius 1 is 1.40 bits per heavy atom. The molecule has 0 saturated carbocycles. The van der Waals surface area contributed by atoms with Gasteiger partial charge in [-0.25, -0.2) is 4.98 Å². The quantitative estimate of drug-likeness (QED) is 0.650. The number of anilines is 1. The van der Waals surface area contributed by atoms with Gasteiger partial charge < -0.3 is 10.6 Å². The lowest BCUT2D eigenvalue weighted by Crippen LogP contribution is -2.35. The highest BCUT2D eigenvalue weighted by Crippen LogP contribution is 2.26. The van der Waals surface area contributed by atoms with Crippen molar-refractivity contribution in [3.8, 4) is 0 Å². The van der Waals surface area contributed by atoms with Gasteiger partial charge >= 0.3 is 0 Å². The molecule has 0 spiro atoms. The molecule has 4 heteroatoms. The Kier molecular flexibility index (Phi) is 3.30. The number of nitrogens with two attached hydrogens (primary N) is 1. The summed E-state index contributed by atoms with van der Waals surface area (Å²) in [4.78, 5) is 7.06. The molecule has 1 saturated heterocycles. The van der Waals surface area contributed by atoms with Crippen LogP contribution >= 0.6 is 0 Å². The zero-order valence-corrected chi connectivity index (χ0v) is 11.8. The lowest BCUT2D eigenvalue weighted by atomic mass is 10.00. The first-order valence-electron chi connectivity index (χ1n) is 7.14. The van der Waals surface area contributed by atoms with E-state index in [0.717, 1.165) is 35.4 Å². The third-order valence-electron chi connectivity index (χ3n) is 3.97. The van der Waals surface area contributed by atoms with Crippen LogP contribution in [0.15, 0.2) is 30.3 Å². The maximum atomic E-state index is 7.80. The lowest BCUT2D eigenvalue weighted by Gasteiger charge is -2.32. The Morgan fingerprint density at radius 3 is 2.95 bits per heavy atom. The van der Waals surface area contributed by atoms with Crippen molar-refractivity contribution in [1.29, 1.82) is 5.41 Å². The van der Waals surface area contributed by atoms with E-state index in [4.69, 9.17) is 16.1 Å². The summed E-state index contributed by atoms with van der Waals surface area (Å²) < 4.78 is 0. The number of para-hydroxylation sites is 1. The summed E-state index contributed by atoms with van der Waals surface area (Å²) in [6.07, 6.45) is 2.48. The van der Waals surface area contributed by atoms with Gasteiger partial charge in [0.25, 0.3) is 0 Å². The van der Waals surface area contributed by atoms with Gasteiger partial charge in [0, 0.05) is 24.0 Å². The van der Waals surface area contributed by atoms with E-state index in [1.54, 1.807) is 0 Å². The smallest absolute Gasteiger partial charge is 0.129 e. The summed E-state index contributed by atoms with van der Waals surface area (Å²) in [6.45, 7) is 4.34. The van der Waals surface area contributed by atoms with Crippen molar-refractivity contribution in [1.82, 2.24) is 4.98 Å². The summed E-state index contributed by atoms with van der Waals surface area (Å²) in [5.41, 5.74) is 7.43. The fraction of sp³-hybridized carbons (Fsp3) is 0.375. The van der Waals surface area contributed by atoms with E-state index in [1.807, 2.05) is 30.3 Å². The molecule has 104 valence electrons. The molecule has 1 aliphatic rings. The molecule has 1 aliphatic heterocycles. The van der Waals surface area contributed by atoms with Gasteiger partial charge in [-0.05, 0) is 30.9 Å². The minimum absolute atomic E-state index is 0.106. The van der Waals surface area contributed by atoms with Crippen LogP contribution in [0.2, 0.25) is 0 Å². The maximum Gasteiger partial charge on any atom is 0.129 e. The largest absolute Gasteiger partial charge is 0.384 e. The summed E-state index contributed by atoms with van der Waals surface area (Å²) in [7, 11) is 0. The number of amidine groups is 1. The fourth-order valence-corrected chi connectivity index (χ4v) is 2.94. The molecule has 1 aromatic heterocycles. The molecule has 4 nitrogen and oxygen atoms in total. The minimum Gasteiger partial charge on any atom is -0.384 e. The zero-order chi connectivity index (χ0) is 14.1. The fourth-order valence-electron chi connectivity index (χ4n) is 2.94. The summed E-state index contributed by atoms with van der Waals surface area (Å²) in [6, 6.07) is 9.85. The molecule has 0 bridgehead atoms. The molecule has 20 heavy (non-hydrogen) atoms. The Labute approximate surface area is 119 Å². The van der Waals surface area contributed by atoms with Crippen molar-refractivity contribution in [3.63, 3.8) is 0 Å². The average Bonchev–Trinajstić information content (AvgIpc) is 2.46. The number of fused-ring (bicyclic) bond motifs is 1. The van der Waals surface area contributed by atoms with Crippen LogP contribution in [-0.2, 0) is 0 Å². The Hall–Kier alpha value is -2.10. The molecular formula is C16H20N4. The van der Waals surface area contributed by atoms with Crippen molar-refractivity contribution in [2.45, 2.75) is 19.8 Å². The van der Waals surface area contributed by atoms with Crippen LogP contribution in [0.4, 0.5) is 5.82 Å². The molecule has 1 unspecified atom stereocenters. The Balaban J connectivity index is 2.09. The van der Waals surface area contributed by atoms with E-state index in [2.05, 4.69) is 11.8 Å². The number of nitrogens with one attached hydrogen (secondary N) is 1. The van der Waals surface area contributed by atoms with E-state index in [0.29, 0.717) is 5.92 Å². The highest BCUT2D eigenvalue weighted by atomic mass is 15.2. The molecule has 0 radical (unpaired) electrons. The molecule has 0 amide bonds. The van der Waals surface area contributed by atoms with Gasteiger partial charge in [0.15, 0.2) is 0 Å². The first-order valence-corrected chi connectivity index (χ1v) is 7.14. The van der Waals surface area contributed by atoms with E-state index < -0.39 is 0 Å². The van der Waals surface area contributed by atoms with Gasteiger partial charge in [-0.1, -0.05) is 25.1 Å². The first-order chi connectivity index (χ1) is 9.65. The highest BCUT2D eigenvalue weighted by Gasteiger charge is 2.19. The summed E-state index contributed by atoms with van der Waals surface area (Å²) in [5.74, 6) is 1.74. The highest BCUT2D eigenvalue weighted by molar-refractivity contribution is 6.07. The average molecular weight is 268 g/mol. The molecule has 2 heterocycles. The number of nitrogen functional groups attached to an aromatic ring is 1. The van der Waals surface area contributed by atoms with Gasteiger partial charge in [-0.3, -0.25) is 5.41 Å². The molecule has 0 aliphatic carbocycles. The topological polar surface area (TPSA) is 66.0 Å². The van der Waals surface area contributed by atoms with Crippen LogP contribution in [0.25, 0.3) is 10.9 Å². The number of hydrogen-bond acceptors (Lipinski definition) is 3. The second-order valence-corrected chi connectivity index (χ2v) is 5.65. The number of nitrogens with zero attached hydrogens (tertiary/aromatic N) is 2. The van der Waals surface area contributed by atoms with Crippen LogP contribution in [0.1, 0.15) is 25.3 Å². The van der Waals surface area contributed by atoms with Crippen LogP contribution in [0.3, 0.4) is 0 Å². The Morgan fingerprint density at radius 2 is 2.20 bits per heavy atom. The molecule has 1 atom stereocenters.